The minimum Gasteiger partial charge on any atom is -0.481 e. The Labute approximate surface area is 207 Å². The number of nitrogens with one attached hydrogen (secondary N) is 1. The maximum absolute atomic E-state index is 13.3. The number of aromatic nitrogens is 1. The monoisotopic (exact) mass is 490 g/mol. The van der Waals surface area contributed by atoms with Gasteiger partial charge in [0.25, 0.3) is 0 Å². The van der Waals surface area contributed by atoms with Crippen LogP contribution in [-0.4, -0.2) is 29.1 Å². The van der Waals surface area contributed by atoms with Gasteiger partial charge in [0, 0.05) is 33.2 Å². The van der Waals surface area contributed by atoms with Crippen LogP contribution in [0.2, 0.25) is 10.0 Å². The van der Waals surface area contributed by atoms with Crippen LogP contribution in [0, 0.1) is 12.3 Å². The fourth-order valence-corrected chi connectivity index (χ4v) is 4.64. The van der Waals surface area contributed by atoms with Gasteiger partial charge in [-0.1, -0.05) is 41.3 Å². The second kappa shape index (κ2) is 9.34. The number of nitrogens with zero attached hydrogens (tertiary/aromatic N) is 1. The van der Waals surface area contributed by atoms with Gasteiger partial charge in [0.1, 0.15) is 24.1 Å². The maximum atomic E-state index is 13.3. The molecular weight excluding hydrogens is 471 g/mol. The molecule has 5 rings (SSSR count). The first-order chi connectivity index (χ1) is 16.5. The van der Waals surface area contributed by atoms with Crippen LogP contribution >= 0.6 is 23.2 Å². The van der Waals surface area contributed by atoms with Crippen molar-refractivity contribution in [2.45, 2.75) is 12.5 Å². The number of carbonyl (C=O) groups excluding carboxylic acids is 1. The lowest BCUT2D eigenvalue weighted by Crippen LogP contribution is -2.42. The van der Waals surface area contributed by atoms with Crippen molar-refractivity contribution in [3.63, 3.8) is 0 Å². The van der Waals surface area contributed by atoms with Crippen LogP contribution in [0.25, 0.3) is 10.9 Å². The minimum absolute atomic E-state index is 0.190. The van der Waals surface area contributed by atoms with Crippen molar-refractivity contribution >= 4 is 40.2 Å². The molecule has 7 heteroatoms. The first-order valence-electron chi connectivity index (χ1n) is 10.7. The average Bonchev–Trinajstić information content (AvgIpc) is 3.21. The number of benzene rings is 3. The van der Waals surface area contributed by atoms with E-state index in [2.05, 4.69) is 10.9 Å². The number of ether oxygens (including phenoxy) is 2. The molecule has 1 aliphatic heterocycles. The Kier molecular flexibility index (Phi) is 6.10. The summed E-state index contributed by atoms with van der Waals surface area (Å²) in [7, 11) is 0. The van der Waals surface area contributed by atoms with Crippen LogP contribution in [0.4, 0.5) is 4.79 Å². The van der Waals surface area contributed by atoms with Crippen LogP contribution in [0.15, 0.2) is 66.7 Å². The van der Waals surface area contributed by atoms with Crippen molar-refractivity contribution in [3.05, 3.63) is 93.6 Å². The fourth-order valence-electron chi connectivity index (χ4n) is 4.34. The number of aromatic amines is 1. The van der Waals surface area contributed by atoms with E-state index in [0.717, 1.165) is 27.7 Å². The highest BCUT2D eigenvalue weighted by Crippen LogP contribution is 2.40. The van der Waals surface area contributed by atoms with E-state index in [0.29, 0.717) is 34.5 Å². The first-order valence-corrected chi connectivity index (χ1v) is 11.5. The largest absolute Gasteiger partial charge is 0.481 e. The number of carbonyl (C=O) groups is 1. The smallest absolute Gasteiger partial charge is 0.416 e. The zero-order valence-electron chi connectivity index (χ0n) is 18.1. The van der Waals surface area contributed by atoms with Gasteiger partial charge in [-0.25, -0.2) is 4.79 Å². The quantitative estimate of drug-likeness (QED) is 0.326. The van der Waals surface area contributed by atoms with Gasteiger partial charge in [0.2, 0.25) is 0 Å². The first kappa shape index (κ1) is 22.2. The lowest BCUT2D eigenvalue weighted by molar-refractivity contribution is 0.135. The Morgan fingerprint density at radius 3 is 2.47 bits per heavy atom. The van der Waals surface area contributed by atoms with E-state index in [1.54, 1.807) is 29.2 Å². The summed E-state index contributed by atoms with van der Waals surface area (Å²) in [5.74, 6) is 3.55. The minimum atomic E-state index is -0.442. The zero-order chi connectivity index (χ0) is 23.7. The molecule has 1 aliphatic rings. The maximum Gasteiger partial charge on any atom is 0.416 e. The third-order valence-corrected chi connectivity index (χ3v) is 6.35. The summed E-state index contributed by atoms with van der Waals surface area (Å²) in [6, 6.07) is 19.7. The van der Waals surface area contributed by atoms with E-state index in [1.165, 1.54) is 0 Å². The van der Waals surface area contributed by atoms with Crippen LogP contribution in [0.5, 0.6) is 11.5 Å². The Bertz CT molecular complexity index is 1390. The molecule has 3 aromatic carbocycles. The molecule has 0 spiro atoms. The van der Waals surface area contributed by atoms with Crippen molar-refractivity contribution in [1.29, 1.82) is 0 Å². The van der Waals surface area contributed by atoms with E-state index >= 15 is 0 Å². The van der Waals surface area contributed by atoms with Crippen LogP contribution in [0.1, 0.15) is 22.9 Å². The fraction of sp³-hybridized carbons (Fsp3) is 0.148. The summed E-state index contributed by atoms with van der Waals surface area (Å²) in [5, 5.41) is 2.31. The van der Waals surface area contributed by atoms with E-state index < -0.39 is 6.09 Å². The van der Waals surface area contributed by atoms with Gasteiger partial charge >= 0.3 is 6.09 Å². The molecule has 5 nitrogen and oxygen atoms in total. The molecule has 2 heterocycles. The highest BCUT2D eigenvalue weighted by molar-refractivity contribution is 6.31. The molecule has 1 amide bonds. The summed E-state index contributed by atoms with van der Waals surface area (Å²) in [6.07, 6.45) is 5.52. The van der Waals surface area contributed by atoms with Crippen molar-refractivity contribution in [1.82, 2.24) is 9.88 Å². The summed E-state index contributed by atoms with van der Waals surface area (Å²) < 4.78 is 11.2. The lowest BCUT2D eigenvalue weighted by Gasteiger charge is -2.35. The number of fused-ring (bicyclic) bond motifs is 3. The Hall–Kier alpha value is -3.59. The average molecular weight is 491 g/mol. The molecule has 170 valence electrons. The van der Waals surface area contributed by atoms with Gasteiger partial charge in [-0.15, -0.1) is 6.42 Å². The number of hydrogen-bond acceptors (Lipinski definition) is 3. The van der Waals surface area contributed by atoms with Crippen LogP contribution in [-0.2, 0) is 6.42 Å². The predicted molar refractivity (Wildman–Crippen MR) is 134 cm³/mol. The Morgan fingerprint density at radius 2 is 1.74 bits per heavy atom. The predicted octanol–water partition coefficient (Wildman–Crippen LogP) is 6.63. The molecule has 0 saturated carbocycles. The highest BCUT2D eigenvalue weighted by atomic mass is 35.5. The van der Waals surface area contributed by atoms with Gasteiger partial charge in [-0.3, -0.25) is 4.90 Å². The topological polar surface area (TPSA) is 54.6 Å². The second-order valence-corrected chi connectivity index (χ2v) is 8.81. The molecule has 0 bridgehead atoms. The molecule has 34 heavy (non-hydrogen) atoms. The molecule has 4 aromatic rings. The molecule has 1 unspecified atom stereocenters. The number of amides is 1. The normalized spacial score (nSPS) is 15.0. The van der Waals surface area contributed by atoms with Gasteiger partial charge < -0.3 is 14.5 Å². The van der Waals surface area contributed by atoms with Gasteiger partial charge in [0.05, 0.1) is 0 Å². The number of terminal acetylenes is 1. The van der Waals surface area contributed by atoms with E-state index in [4.69, 9.17) is 39.1 Å². The third-order valence-electron chi connectivity index (χ3n) is 5.86. The number of H-pyrrole nitrogens is 1. The number of halogens is 2. The van der Waals surface area contributed by atoms with Crippen molar-refractivity contribution in [3.8, 4) is 23.8 Å². The van der Waals surface area contributed by atoms with Gasteiger partial charge in [-0.2, -0.15) is 0 Å². The SMILES string of the molecule is C#CCOc1ccc(C2c3[nH]c4ccc(Cl)cc4c3CCN2C(=O)Oc2ccc(Cl)cc2)cc1. The molecule has 1 atom stereocenters. The summed E-state index contributed by atoms with van der Waals surface area (Å²) >= 11 is 12.2. The second-order valence-electron chi connectivity index (χ2n) is 7.94. The zero-order valence-corrected chi connectivity index (χ0v) is 19.6. The van der Waals surface area contributed by atoms with Crippen molar-refractivity contribution < 1.29 is 14.3 Å². The molecule has 0 fully saturated rings. The summed E-state index contributed by atoms with van der Waals surface area (Å²) in [4.78, 5) is 18.6. The van der Waals surface area contributed by atoms with Crippen molar-refractivity contribution in [2.75, 3.05) is 13.2 Å². The standard InChI is InChI=1S/C27H20Cl2N2O3/c1-2-15-33-20-8-3-17(4-9-20)26-25-22(23-16-19(29)7-12-24(23)30-25)13-14-31(26)27(32)34-21-10-5-18(28)6-11-21/h1,3-12,16,26,30H,13-15H2. The van der Waals surface area contributed by atoms with Crippen LogP contribution in [0.3, 0.4) is 0 Å². The summed E-state index contributed by atoms with van der Waals surface area (Å²) in [5.41, 5.74) is 3.97. The van der Waals surface area contributed by atoms with E-state index in [9.17, 15) is 4.79 Å². The van der Waals surface area contributed by atoms with E-state index in [-0.39, 0.29) is 12.6 Å². The summed E-state index contributed by atoms with van der Waals surface area (Å²) in [6.45, 7) is 0.675. The molecule has 0 radical (unpaired) electrons. The number of rotatable bonds is 4. The lowest BCUT2D eigenvalue weighted by atomic mass is 9.92. The van der Waals surface area contributed by atoms with E-state index in [1.807, 2.05) is 42.5 Å². The Balaban J connectivity index is 1.54. The highest BCUT2D eigenvalue weighted by Gasteiger charge is 2.35. The molecule has 1 N–H and O–H groups in total. The van der Waals surface area contributed by atoms with Crippen LogP contribution < -0.4 is 9.47 Å². The van der Waals surface area contributed by atoms with Gasteiger partial charge in [-0.05, 0) is 72.1 Å². The van der Waals surface area contributed by atoms with Crippen molar-refractivity contribution in [2.24, 2.45) is 0 Å². The number of hydrogen-bond donors (Lipinski definition) is 1. The molecular formula is C27H20Cl2N2O3. The third kappa shape index (κ3) is 4.31. The van der Waals surface area contributed by atoms with Gasteiger partial charge in [0.15, 0.2) is 0 Å². The Morgan fingerprint density at radius 1 is 1.03 bits per heavy atom. The molecule has 0 aliphatic carbocycles. The molecule has 1 aromatic heterocycles. The molecule has 0 saturated heterocycles.